The van der Waals surface area contributed by atoms with Crippen molar-refractivity contribution in [3.05, 3.63) is 55.0 Å². The summed E-state index contributed by atoms with van der Waals surface area (Å²) in [5.74, 6) is 0.376. The number of aromatic amines is 1. The van der Waals surface area contributed by atoms with Crippen LogP contribution in [0.2, 0.25) is 0 Å². The summed E-state index contributed by atoms with van der Waals surface area (Å²) in [5, 5.41) is 2.72. The van der Waals surface area contributed by atoms with Crippen LogP contribution in [0.15, 0.2) is 55.0 Å². The number of pyridine rings is 3. The molecule has 154 valence electrons. The van der Waals surface area contributed by atoms with E-state index in [1.54, 1.807) is 24.7 Å². The summed E-state index contributed by atoms with van der Waals surface area (Å²) in [4.78, 5) is 42.6. The lowest BCUT2D eigenvalue weighted by atomic mass is 10.0. The number of amides is 2. The molecule has 2 N–H and O–H groups in total. The second-order valence-electron chi connectivity index (χ2n) is 7.40. The van der Waals surface area contributed by atoms with Gasteiger partial charge >= 0.3 is 0 Å². The Balaban J connectivity index is 1.76. The van der Waals surface area contributed by atoms with Gasteiger partial charge in [-0.25, -0.2) is 4.98 Å². The van der Waals surface area contributed by atoms with Crippen molar-refractivity contribution >= 4 is 34.4 Å². The molecule has 0 aliphatic carbocycles. The molecule has 0 saturated carbocycles. The standard InChI is InChI=1S/C23H20N6O2/c1-14(30)27-18-13-15(7-10-25-18)21-20(16-5-2-3-9-24-16)23-22(28-21)17(8-11-26-23)29-12-4-6-19(29)31/h2-3,5,7-11,13,28H,4,6,12H2,1H3,(H,25,27,30). The molecule has 1 saturated heterocycles. The van der Waals surface area contributed by atoms with Gasteiger partial charge in [-0.2, -0.15) is 0 Å². The molecule has 1 fully saturated rings. The Morgan fingerprint density at radius 1 is 1.10 bits per heavy atom. The second kappa shape index (κ2) is 7.64. The normalized spacial score (nSPS) is 13.7. The first kappa shape index (κ1) is 18.9. The molecule has 0 radical (unpaired) electrons. The van der Waals surface area contributed by atoms with Crippen molar-refractivity contribution in [3.63, 3.8) is 0 Å². The lowest BCUT2D eigenvalue weighted by Gasteiger charge is -2.16. The van der Waals surface area contributed by atoms with Gasteiger partial charge in [-0.15, -0.1) is 0 Å². The van der Waals surface area contributed by atoms with Crippen LogP contribution in [0.3, 0.4) is 0 Å². The van der Waals surface area contributed by atoms with Crippen molar-refractivity contribution in [1.29, 1.82) is 0 Å². The highest BCUT2D eigenvalue weighted by molar-refractivity contribution is 6.09. The first-order valence-electron chi connectivity index (χ1n) is 10.1. The van der Waals surface area contributed by atoms with Crippen LogP contribution in [0.4, 0.5) is 11.5 Å². The van der Waals surface area contributed by atoms with E-state index in [-0.39, 0.29) is 11.8 Å². The second-order valence-corrected chi connectivity index (χ2v) is 7.40. The zero-order chi connectivity index (χ0) is 21.4. The molecule has 2 amide bonds. The van der Waals surface area contributed by atoms with E-state index in [0.29, 0.717) is 18.8 Å². The van der Waals surface area contributed by atoms with Crippen molar-refractivity contribution in [2.45, 2.75) is 19.8 Å². The number of carbonyl (C=O) groups is 2. The maximum absolute atomic E-state index is 12.4. The maximum atomic E-state index is 12.4. The molecule has 8 heteroatoms. The average molecular weight is 412 g/mol. The lowest BCUT2D eigenvalue weighted by Crippen LogP contribution is -2.23. The topological polar surface area (TPSA) is 104 Å². The van der Waals surface area contributed by atoms with Crippen molar-refractivity contribution in [2.24, 2.45) is 0 Å². The molecule has 0 spiro atoms. The molecule has 0 unspecified atom stereocenters. The fourth-order valence-corrected chi connectivity index (χ4v) is 4.01. The van der Waals surface area contributed by atoms with Gasteiger partial charge < -0.3 is 15.2 Å². The molecule has 4 aromatic rings. The van der Waals surface area contributed by atoms with Crippen molar-refractivity contribution in [3.8, 4) is 22.5 Å². The molecule has 0 bridgehead atoms. The van der Waals surface area contributed by atoms with E-state index >= 15 is 0 Å². The van der Waals surface area contributed by atoms with E-state index in [4.69, 9.17) is 0 Å². The highest BCUT2D eigenvalue weighted by Crippen LogP contribution is 2.40. The number of rotatable bonds is 4. The number of aromatic nitrogens is 4. The van der Waals surface area contributed by atoms with Crippen LogP contribution in [0.25, 0.3) is 33.5 Å². The third-order valence-corrected chi connectivity index (χ3v) is 5.30. The molecule has 1 aliphatic heterocycles. The minimum Gasteiger partial charge on any atom is -0.351 e. The van der Waals surface area contributed by atoms with Gasteiger partial charge in [-0.05, 0) is 36.8 Å². The van der Waals surface area contributed by atoms with E-state index in [0.717, 1.165) is 45.7 Å². The van der Waals surface area contributed by atoms with Gasteiger partial charge in [0.2, 0.25) is 11.8 Å². The van der Waals surface area contributed by atoms with E-state index in [1.165, 1.54) is 6.92 Å². The maximum Gasteiger partial charge on any atom is 0.227 e. The molecule has 31 heavy (non-hydrogen) atoms. The Bertz CT molecular complexity index is 1300. The van der Waals surface area contributed by atoms with Crippen LogP contribution < -0.4 is 10.2 Å². The Morgan fingerprint density at radius 2 is 1.97 bits per heavy atom. The van der Waals surface area contributed by atoms with Gasteiger partial charge in [-0.1, -0.05) is 6.07 Å². The zero-order valence-electron chi connectivity index (χ0n) is 16.9. The number of hydrogen-bond donors (Lipinski definition) is 2. The van der Waals surface area contributed by atoms with Crippen LogP contribution in [0.5, 0.6) is 0 Å². The van der Waals surface area contributed by atoms with Gasteiger partial charge in [0.25, 0.3) is 0 Å². The smallest absolute Gasteiger partial charge is 0.227 e. The van der Waals surface area contributed by atoms with Gasteiger partial charge in [0.1, 0.15) is 11.3 Å². The van der Waals surface area contributed by atoms with Crippen molar-refractivity contribution in [2.75, 3.05) is 16.8 Å². The molecule has 1 aliphatic rings. The summed E-state index contributed by atoms with van der Waals surface area (Å²) in [7, 11) is 0. The molecular weight excluding hydrogens is 392 g/mol. The largest absolute Gasteiger partial charge is 0.351 e. The highest BCUT2D eigenvalue weighted by atomic mass is 16.2. The first-order valence-corrected chi connectivity index (χ1v) is 10.1. The number of hydrogen-bond acceptors (Lipinski definition) is 5. The molecule has 5 rings (SSSR count). The Morgan fingerprint density at radius 3 is 2.71 bits per heavy atom. The molecule has 0 atom stereocenters. The number of nitrogens with zero attached hydrogens (tertiary/aromatic N) is 4. The number of anilines is 2. The van der Waals surface area contributed by atoms with Gasteiger partial charge in [0.05, 0.1) is 28.2 Å². The quantitative estimate of drug-likeness (QED) is 0.531. The Labute approximate surface area is 178 Å². The van der Waals surface area contributed by atoms with Crippen LogP contribution in [-0.2, 0) is 9.59 Å². The van der Waals surface area contributed by atoms with E-state index in [9.17, 15) is 9.59 Å². The summed E-state index contributed by atoms with van der Waals surface area (Å²) >= 11 is 0. The van der Waals surface area contributed by atoms with Crippen LogP contribution in [-0.4, -0.2) is 38.3 Å². The molecule has 8 nitrogen and oxygen atoms in total. The van der Waals surface area contributed by atoms with Crippen molar-refractivity contribution < 1.29 is 9.59 Å². The number of carbonyl (C=O) groups excluding carboxylic acids is 2. The minimum atomic E-state index is -0.192. The van der Waals surface area contributed by atoms with Gasteiger partial charge in [-0.3, -0.25) is 19.6 Å². The van der Waals surface area contributed by atoms with Crippen molar-refractivity contribution in [1.82, 2.24) is 19.9 Å². The summed E-state index contributed by atoms with van der Waals surface area (Å²) in [6, 6.07) is 11.2. The number of nitrogens with one attached hydrogen (secondary N) is 2. The Hall–Kier alpha value is -4.07. The monoisotopic (exact) mass is 412 g/mol. The number of fused-ring (bicyclic) bond motifs is 1. The van der Waals surface area contributed by atoms with Gasteiger partial charge in [0, 0.05) is 44.0 Å². The third kappa shape index (κ3) is 3.42. The first-order chi connectivity index (χ1) is 15.1. The summed E-state index contributed by atoms with van der Waals surface area (Å²) in [6.45, 7) is 2.13. The third-order valence-electron chi connectivity index (χ3n) is 5.30. The predicted octanol–water partition coefficient (Wildman–Crippen LogP) is 3.77. The predicted molar refractivity (Wildman–Crippen MR) is 118 cm³/mol. The van der Waals surface area contributed by atoms with Gasteiger partial charge in [0.15, 0.2) is 0 Å². The molecular formula is C23H20N6O2. The van der Waals surface area contributed by atoms with E-state index < -0.39 is 0 Å². The van der Waals surface area contributed by atoms with E-state index in [1.807, 2.05) is 35.2 Å². The highest BCUT2D eigenvalue weighted by Gasteiger charge is 2.26. The SMILES string of the molecule is CC(=O)Nc1cc(-c2[nH]c3c(N4CCCC4=O)ccnc3c2-c2ccccn2)ccn1. The lowest BCUT2D eigenvalue weighted by molar-refractivity contribution is -0.117. The fraction of sp³-hybridized carbons (Fsp3) is 0.174. The minimum absolute atomic E-state index is 0.111. The van der Waals surface area contributed by atoms with Crippen LogP contribution >= 0.6 is 0 Å². The Kier molecular flexibility index (Phi) is 4.66. The number of H-pyrrole nitrogens is 1. The molecule has 0 aromatic carbocycles. The van der Waals surface area contributed by atoms with Crippen LogP contribution in [0.1, 0.15) is 19.8 Å². The average Bonchev–Trinajstić information content (AvgIpc) is 3.37. The molecule has 5 heterocycles. The summed E-state index contributed by atoms with van der Waals surface area (Å²) in [6.07, 6.45) is 6.50. The molecule has 4 aromatic heterocycles. The summed E-state index contributed by atoms with van der Waals surface area (Å²) in [5.41, 5.74) is 5.57. The van der Waals surface area contributed by atoms with Crippen LogP contribution in [0, 0.1) is 0 Å². The fourth-order valence-electron chi connectivity index (χ4n) is 4.01. The van der Waals surface area contributed by atoms with E-state index in [2.05, 4.69) is 25.3 Å². The zero-order valence-corrected chi connectivity index (χ0v) is 16.9. The summed E-state index contributed by atoms with van der Waals surface area (Å²) < 4.78 is 0.